The second-order valence-corrected chi connectivity index (χ2v) is 7.72. The first-order valence-corrected chi connectivity index (χ1v) is 10.4. The summed E-state index contributed by atoms with van der Waals surface area (Å²) in [5.41, 5.74) is 1.10. The average molecular weight is 386 g/mol. The number of piperazine rings is 1. The van der Waals surface area contributed by atoms with E-state index in [1.807, 2.05) is 52.7 Å². The van der Waals surface area contributed by atoms with Crippen molar-refractivity contribution in [3.8, 4) is 0 Å². The highest BCUT2D eigenvalue weighted by atomic mass is 32.1. The van der Waals surface area contributed by atoms with E-state index < -0.39 is 0 Å². The van der Waals surface area contributed by atoms with E-state index in [1.54, 1.807) is 0 Å². The minimum atomic E-state index is -0.0529. The molecule has 2 aromatic rings. The molecule has 0 aliphatic carbocycles. The summed E-state index contributed by atoms with van der Waals surface area (Å²) in [6.45, 7) is 6.73. The molecule has 1 atom stereocenters. The lowest BCUT2D eigenvalue weighted by Gasteiger charge is -2.36. The standard InChI is InChI=1S/C21H27N3O2S/c1-2-18(17-7-4-3-5-8-17)21(26)24-14-12-23(13-15-24)11-10-22-20(25)19-9-6-16-27-19/h3-9,16,18H,2,10-15H2,1H3,(H,22,25). The number of thiophene rings is 1. The topological polar surface area (TPSA) is 52.7 Å². The van der Waals surface area contributed by atoms with Crippen LogP contribution in [0.2, 0.25) is 0 Å². The summed E-state index contributed by atoms with van der Waals surface area (Å²) >= 11 is 1.45. The van der Waals surface area contributed by atoms with Gasteiger partial charge in [-0.3, -0.25) is 14.5 Å². The van der Waals surface area contributed by atoms with Gasteiger partial charge in [0.05, 0.1) is 10.8 Å². The van der Waals surface area contributed by atoms with E-state index in [1.165, 1.54) is 11.3 Å². The highest BCUT2D eigenvalue weighted by Gasteiger charge is 2.27. The van der Waals surface area contributed by atoms with E-state index in [0.717, 1.165) is 49.6 Å². The zero-order chi connectivity index (χ0) is 19.1. The molecule has 0 radical (unpaired) electrons. The summed E-state index contributed by atoms with van der Waals surface area (Å²) in [4.78, 5) is 29.9. The summed E-state index contributed by atoms with van der Waals surface area (Å²) in [5, 5.41) is 4.87. The first kappa shape index (κ1) is 19.6. The molecule has 2 heterocycles. The molecule has 2 amide bonds. The monoisotopic (exact) mass is 385 g/mol. The molecule has 1 saturated heterocycles. The predicted octanol–water partition coefficient (Wildman–Crippen LogP) is 2.82. The van der Waals surface area contributed by atoms with Gasteiger partial charge in [-0.15, -0.1) is 11.3 Å². The van der Waals surface area contributed by atoms with Gasteiger partial charge in [0.2, 0.25) is 5.91 Å². The number of carbonyl (C=O) groups is 2. The van der Waals surface area contributed by atoms with Gasteiger partial charge >= 0.3 is 0 Å². The Balaban J connectivity index is 1.43. The molecule has 144 valence electrons. The quantitative estimate of drug-likeness (QED) is 0.797. The maximum absolute atomic E-state index is 12.9. The lowest BCUT2D eigenvalue weighted by Crippen LogP contribution is -2.51. The number of amides is 2. The van der Waals surface area contributed by atoms with Gasteiger partial charge in [0.15, 0.2) is 0 Å². The van der Waals surface area contributed by atoms with Crippen LogP contribution >= 0.6 is 11.3 Å². The number of nitrogens with one attached hydrogen (secondary N) is 1. The molecule has 6 heteroatoms. The molecule has 1 fully saturated rings. The van der Waals surface area contributed by atoms with Crippen molar-refractivity contribution in [1.29, 1.82) is 0 Å². The molecule has 27 heavy (non-hydrogen) atoms. The van der Waals surface area contributed by atoms with Crippen LogP contribution in [0, 0.1) is 0 Å². The zero-order valence-electron chi connectivity index (χ0n) is 15.8. The van der Waals surface area contributed by atoms with Crippen LogP contribution in [-0.2, 0) is 4.79 Å². The molecule has 0 spiro atoms. The Bertz CT molecular complexity index is 725. The van der Waals surface area contributed by atoms with Gasteiger partial charge in [-0.05, 0) is 23.4 Å². The number of benzene rings is 1. The summed E-state index contributed by atoms with van der Waals surface area (Å²) in [6, 6.07) is 13.8. The Morgan fingerprint density at radius 2 is 1.81 bits per heavy atom. The second kappa shape index (κ2) is 9.67. The minimum Gasteiger partial charge on any atom is -0.350 e. The van der Waals surface area contributed by atoms with Crippen molar-refractivity contribution < 1.29 is 9.59 Å². The van der Waals surface area contributed by atoms with Crippen LogP contribution in [0.3, 0.4) is 0 Å². The molecule has 1 N–H and O–H groups in total. The van der Waals surface area contributed by atoms with Crippen molar-refractivity contribution in [3.63, 3.8) is 0 Å². The Morgan fingerprint density at radius 1 is 1.07 bits per heavy atom. The highest BCUT2D eigenvalue weighted by Crippen LogP contribution is 2.22. The summed E-state index contributed by atoms with van der Waals surface area (Å²) in [7, 11) is 0. The molecule has 0 saturated carbocycles. The van der Waals surface area contributed by atoms with E-state index >= 15 is 0 Å². The third kappa shape index (κ3) is 5.17. The molecule has 1 aliphatic rings. The molecule has 1 aliphatic heterocycles. The van der Waals surface area contributed by atoms with Crippen LogP contribution < -0.4 is 5.32 Å². The molecule has 0 bridgehead atoms. The highest BCUT2D eigenvalue weighted by molar-refractivity contribution is 7.12. The summed E-state index contributed by atoms with van der Waals surface area (Å²) in [6.07, 6.45) is 0.817. The third-order valence-corrected chi connectivity index (χ3v) is 5.92. The smallest absolute Gasteiger partial charge is 0.261 e. The predicted molar refractivity (Wildman–Crippen MR) is 109 cm³/mol. The van der Waals surface area contributed by atoms with Crippen LogP contribution in [0.25, 0.3) is 0 Å². The fourth-order valence-electron chi connectivity index (χ4n) is 3.47. The van der Waals surface area contributed by atoms with Crippen molar-refractivity contribution in [3.05, 3.63) is 58.3 Å². The van der Waals surface area contributed by atoms with Gasteiger partial charge in [-0.1, -0.05) is 43.3 Å². The molecule has 1 aromatic carbocycles. The first-order chi connectivity index (χ1) is 13.2. The van der Waals surface area contributed by atoms with Gasteiger partial charge in [-0.25, -0.2) is 0 Å². The van der Waals surface area contributed by atoms with Gasteiger partial charge < -0.3 is 10.2 Å². The van der Waals surface area contributed by atoms with E-state index in [-0.39, 0.29) is 17.7 Å². The minimum absolute atomic E-state index is 0.00698. The van der Waals surface area contributed by atoms with Crippen molar-refractivity contribution in [1.82, 2.24) is 15.1 Å². The number of nitrogens with zero attached hydrogens (tertiary/aromatic N) is 2. The normalized spacial score (nSPS) is 16.1. The number of hydrogen-bond donors (Lipinski definition) is 1. The SMILES string of the molecule is CCC(C(=O)N1CCN(CCNC(=O)c2cccs2)CC1)c1ccccc1. The first-order valence-electron chi connectivity index (χ1n) is 9.57. The van der Waals surface area contributed by atoms with Gasteiger partial charge in [0, 0.05) is 39.3 Å². The largest absolute Gasteiger partial charge is 0.350 e. The fraction of sp³-hybridized carbons (Fsp3) is 0.429. The molecule has 1 aromatic heterocycles. The van der Waals surface area contributed by atoms with Crippen LogP contribution in [0.5, 0.6) is 0 Å². The zero-order valence-corrected chi connectivity index (χ0v) is 16.6. The average Bonchev–Trinajstić information content (AvgIpc) is 3.25. The van der Waals surface area contributed by atoms with Crippen LogP contribution in [0.1, 0.15) is 34.5 Å². The Kier molecular flexibility index (Phi) is 7.01. The second-order valence-electron chi connectivity index (χ2n) is 6.77. The van der Waals surface area contributed by atoms with Crippen molar-refractivity contribution >= 4 is 23.2 Å². The van der Waals surface area contributed by atoms with E-state index in [4.69, 9.17) is 0 Å². The maximum Gasteiger partial charge on any atom is 0.261 e. The molecule has 3 rings (SSSR count). The van der Waals surface area contributed by atoms with Crippen LogP contribution in [-0.4, -0.2) is 60.9 Å². The van der Waals surface area contributed by atoms with E-state index in [2.05, 4.69) is 17.1 Å². The number of carbonyl (C=O) groups excluding carboxylic acids is 2. The molecular formula is C21H27N3O2S. The summed E-state index contributed by atoms with van der Waals surface area (Å²) in [5.74, 6) is 0.171. The molecule has 5 nitrogen and oxygen atoms in total. The van der Waals surface area contributed by atoms with Gasteiger partial charge in [0.25, 0.3) is 5.91 Å². The Hall–Kier alpha value is -2.18. The lowest BCUT2D eigenvalue weighted by molar-refractivity contribution is -0.134. The van der Waals surface area contributed by atoms with Crippen LogP contribution in [0.4, 0.5) is 0 Å². The molecular weight excluding hydrogens is 358 g/mol. The van der Waals surface area contributed by atoms with Crippen molar-refractivity contribution in [2.45, 2.75) is 19.3 Å². The Morgan fingerprint density at radius 3 is 2.44 bits per heavy atom. The van der Waals surface area contributed by atoms with E-state index in [9.17, 15) is 9.59 Å². The van der Waals surface area contributed by atoms with Crippen molar-refractivity contribution in [2.75, 3.05) is 39.3 Å². The number of rotatable bonds is 7. The Labute approximate surface area is 165 Å². The molecule has 1 unspecified atom stereocenters. The van der Waals surface area contributed by atoms with Gasteiger partial charge in [0.1, 0.15) is 0 Å². The van der Waals surface area contributed by atoms with Crippen LogP contribution in [0.15, 0.2) is 47.8 Å². The van der Waals surface area contributed by atoms with Crippen molar-refractivity contribution in [2.24, 2.45) is 0 Å². The fourth-order valence-corrected chi connectivity index (χ4v) is 4.11. The third-order valence-electron chi connectivity index (χ3n) is 5.05. The lowest BCUT2D eigenvalue weighted by atomic mass is 9.95. The maximum atomic E-state index is 12.9. The number of hydrogen-bond acceptors (Lipinski definition) is 4. The van der Waals surface area contributed by atoms with Gasteiger partial charge in [-0.2, -0.15) is 0 Å². The summed E-state index contributed by atoms with van der Waals surface area (Å²) < 4.78 is 0. The van der Waals surface area contributed by atoms with E-state index in [0.29, 0.717) is 6.54 Å².